The summed E-state index contributed by atoms with van der Waals surface area (Å²) in [5, 5.41) is 31.2. The van der Waals surface area contributed by atoms with Crippen LogP contribution in [0.3, 0.4) is 0 Å². The molecule has 1 heterocycles. The molecule has 0 aliphatic carbocycles. The van der Waals surface area contributed by atoms with Crippen LogP contribution in [0.4, 0.5) is 0 Å². The average molecular weight is 441 g/mol. The molecule has 158 valence electrons. The highest BCUT2D eigenvalue weighted by Crippen LogP contribution is 2.35. The molecule has 8 heteroatoms. The normalized spacial score (nSPS) is 28.2. The highest BCUT2D eigenvalue weighted by Gasteiger charge is 2.48. The minimum atomic E-state index is -1.54. The fourth-order valence-corrected chi connectivity index (χ4v) is 4.41. The maximum absolute atomic E-state index is 11.9. The van der Waals surface area contributed by atoms with Crippen LogP contribution in [0.25, 0.3) is 0 Å². The molecule has 3 rings (SSSR count). The summed E-state index contributed by atoms with van der Waals surface area (Å²) in [4.78, 5) is 0. The van der Waals surface area contributed by atoms with E-state index in [2.05, 4.69) is 0 Å². The van der Waals surface area contributed by atoms with Crippen LogP contribution < -0.4 is 4.74 Å². The first kappa shape index (κ1) is 22.4. The zero-order chi connectivity index (χ0) is 21.1. The molecular formula is C21H25ClO6S. The SMILES string of the molecule is CCOc1ccc(Cc2cc([C@@H]3O[C@H]([S+](C)[O-])[C@@H](O)[C@H](O)[C@H]3O)ccc2Cl)cc1. The lowest BCUT2D eigenvalue weighted by Crippen LogP contribution is -2.56. The summed E-state index contributed by atoms with van der Waals surface area (Å²) >= 11 is 4.83. The molecule has 1 fully saturated rings. The van der Waals surface area contributed by atoms with Gasteiger partial charge < -0.3 is 29.3 Å². The van der Waals surface area contributed by atoms with Gasteiger partial charge >= 0.3 is 0 Å². The molecule has 2 aromatic rings. The maximum Gasteiger partial charge on any atom is 0.245 e. The summed E-state index contributed by atoms with van der Waals surface area (Å²) in [7, 11) is 0. The molecule has 1 aliphatic heterocycles. The van der Waals surface area contributed by atoms with E-state index >= 15 is 0 Å². The van der Waals surface area contributed by atoms with Crippen LogP contribution in [0.2, 0.25) is 5.02 Å². The molecule has 0 amide bonds. The lowest BCUT2D eigenvalue weighted by Gasteiger charge is -2.40. The number of halogens is 1. The van der Waals surface area contributed by atoms with Crippen LogP contribution in [-0.4, -0.2) is 56.5 Å². The highest BCUT2D eigenvalue weighted by molar-refractivity contribution is 7.91. The standard InChI is InChI=1S/C21H25ClO6S/c1-3-27-15-7-4-12(5-8-15)10-14-11-13(6-9-16(14)22)20-18(24)17(23)19(25)21(28-20)29(2)26/h4-9,11,17-21,23-25H,3,10H2,1-2H3/t17-,18-,19+,20+,21-,29?/m1/s1. The van der Waals surface area contributed by atoms with Gasteiger partial charge in [0.05, 0.1) is 12.9 Å². The van der Waals surface area contributed by atoms with Crippen molar-refractivity contribution in [3.8, 4) is 5.75 Å². The first-order chi connectivity index (χ1) is 13.8. The summed E-state index contributed by atoms with van der Waals surface area (Å²) in [5.41, 5.74) is 1.34. The van der Waals surface area contributed by atoms with Crippen LogP contribution in [0.1, 0.15) is 29.7 Å². The van der Waals surface area contributed by atoms with Crippen molar-refractivity contribution < 1.29 is 29.3 Å². The third-order valence-corrected chi connectivity index (χ3v) is 6.34. The third kappa shape index (κ3) is 5.06. The zero-order valence-corrected chi connectivity index (χ0v) is 17.8. The predicted molar refractivity (Wildman–Crippen MR) is 112 cm³/mol. The lowest BCUT2D eigenvalue weighted by atomic mass is 9.92. The van der Waals surface area contributed by atoms with Gasteiger partial charge in [-0.25, -0.2) is 0 Å². The molecular weight excluding hydrogens is 416 g/mol. The van der Waals surface area contributed by atoms with Gasteiger partial charge in [0.15, 0.2) is 6.10 Å². The summed E-state index contributed by atoms with van der Waals surface area (Å²) in [5.74, 6) is 0.793. The Kier molecular flexibility index (Phi) is 7.45. The molecule has 6 nitrogen and oxygen atoms in total. The Morgan fingerprint density at radius 1 is 1.07 bits per heavy atom. The predicted octanol–water partition coefficient (Wildman–Crippen LogP) is 2.19. The number of hydrogen-bond acceptors (Lipinski definition) is 6. The van der Waals surface area contributed by atoms with Crippen molar-refractivity contribution in [3.63, 3.8) is 0 Å². The molecule has 1 aliphatic rings. The summed E-state index contributed by atoms with van der Waals surface area (Å²) in [6.45, 7) is 2.52. The lowest BCUT2D eigenvalue weighted by molar-refractivity contribution is -0.202. The molecule has 0 saturated carbocycles. The van der Waals surface area contributed by atoms with Crippen LogP contribution in [-0.2, 0) is 22.3 Å². The Balaban J connectivity index is 1.84. The van der Waals surface area contributed by atoms with Crippen molar-refractivity contribution in [2.45, 2.75) is 43.2 Å². The first-order valence-electron chi connectivity index (χ1n) is 9.33. The minimum absolute atomic E-state index is 0.552. The number of hydrogen-bond donors (Lipinski definition) is 3. The van der Waals surface area contributed by atoms with E-state index in [1.807, 2.05) is 31.2 Å². The summed E-state index contributed by atoms with van der Waals surface area (Å²) in [6.07, 6.45) is -3.25. The van der Waals surface area contributed by atoms with E-state index in [4.69, 9.17) is 21.1 Å². The van der Waals surface area contributed by atoms with E-state index in [1.54, 1.807) is 18.2 Å². The number of rotatable bonds is 6. The molecule has 0 bridgehead atoms. The molecule has 6 atom stereocenters. The Labute approximate surface area is 178 Å². The van der Waals surface area contributed by atoms with E-state index in [9.17, 15) is 19.9 Å². The molecule has 1 saturated heterocycles. The van der Waals surface area contributed by atoms with Gasteiger partial charge in [-0.3, -0.25) is 0 Å². The van der Waals surface area contributed by atoms with Gasteiger partial charge in [0.25, 0.3) is 0 Å². The fourth-order valence-electron chi connectivity index (χ4n) is 3.40. The molecule has 0 radical (unpaired) electrons. The molecule has 2 aromatic carbocycles. The van der Waals surface area contributed by atoms with E-state index in [1.165, 1.54) is 6.26 Å². The van der Waals surface area contributed by atoms with Gasteiger partial charge in [0.1, 0.15) is 24.1 Å². The second-order valence-corrected chi connectivity index (χ2v) is 8.87. The second-order valence-electron chi connectivity index (χ2n) is 7.00. The Bertz CT molecular complexity index is 815. The van der Waals surface area contributed by atoms with Crippen LogP contribution in [0.5, 0.6) is 5.75 Å². The van der Waals surface area contributed by atoms with Gasteiger partial charge in [-0.2, -0.15) is 0 Å². The second kappa shape index (κ2) is 9.66. The van der Waals surface area contributed by atoms with Gasteiger partial charge in [-0.05, 0) is 59.4 Å². The maximum atomic E-state index is 11.9. The quantitative estimate of drug-likeness (QED) is 0.595. The van der Waals surface area contributed by atoms with E-state index < -0.39 is 41.0 Å². The molecule has 0 aromatic heterocycles. The zero-order valence-electron chi connectivity index (χ0n) is 16.2. The van der Waals surface area contributed by atoms with Gasteiger partial charge in [-0.15, -0.1) is 0 Å². The molecule has 1 unspecified atom stereocenters. The fraction of sp³-hybridized carbons (Fsp3) is 0.429. The van der Waals surface area contributed by atoms with Crippen LogP contribution in [0, 0.1) is 0 Å². The highest BCUT2D eigenvalue weighted by atomic mass is 35.5. The van der Waals surface area contributed by atoms with Gasteiger partial charge in [0, 0.05) is 5.02 Å². The molecule has 29 heavy (non-hydrogen) atoms. The smallest absolute Gasteiger partial charge is 0.245 e. The first-order valence-corrected chi connectivity index (χ1v) is 11.3. The molecule has 0 spiro atoms. The molecule has 3 N–H and O–H groups in total. The number of aliphatic hydroxyl groups excluding tert-OH is 3. The van der Waals surface area contributed by atoms with E-state index in [-0.39, 0.29) is 0 Å². The van der Waals surface area contributed by atoms with Crippen molar-refractivity contribution in [1.29, 1.82) is 0 Å². The van der Waals surface area contributed by atoms with Crippen molar-refractivity contribution in [2.24, 2.45) is 0 Å². The topological polar surface area (TPSA) is 102 Å². The largest absolute Gasteiger partial charge is 0.614 e. The Morgan fingerprint density at radius 3 is 2.38 bits per heavy atom. The third-order valence-electron chi connectivity index (χ3n) is 4.92. The average Bonchev–Trinajstić information content (AvgIpc) is 2.69. The van der Waals surface area contributed by atoms with Crippen molar-refractivity contribution >= 4 is 22.8 Å². The number of aliphatic hydroxyl groups is 3. The van der Waals surface area contributed by atoms with E-state index in [0.717, 1.165) is 16.9 Å². The minimum Gasteiger partial charge on any atom is -0.614 e. The number of ether oxygens (including phenoxy) is 2. The van der Waals surface area contributed by atoms with Crippen molar-refractivity contribution in [1.82, 2.24) is 0 Å². The van der Waals surface area contributed by atoms with Crippen molar-refractivity contribution in [2.75, 3.05) is 12.9 Å². The van der Waals surface area contributed by atoms with E-state index in [0.29, 0.717) is 23.6 Å². The Hall–Kier alpha value is -1.32. The number of benzene rings is 2. The van der Waals surface area contributed by atoms with Gasteiger partial charge in [0.2, 0.25) is 5.44 Å². The Morgan fingerprint density at radius 2 is 1.76 bits per heavy atom. The summed E-state index contributed by atoms with van der Waals surface area (Å²) < 4.78 is 23.0. The van der Waals surface area contributed by atoms with Crippen LogP contribution >= 0.6 is 11.6 Å². The van der Waals surface area contributed by atoms with Gasteiger partial charge in [-0.1, -0.05) is 35.9 Å². The summed E-state index contributed by atoms with van der Waals surface area (Å²) in [6, 6.07) is 12.9. The monoisotopic (exact) mass is 440 g/mol. The van der Waals surface area contributed by atoms with Crippen molar-refractivity contribution in [3.05, 3.63) is 64.2 Å². The van der Waals surface area contributed by atoms with Crippen LogP contribution in [0.15, 0.2) is 42.5 Å².